The quantitative estimate of drug-likeness (QED) is 0.560. The van der Waals surface area contributed by atoms with E-state index in [9.17, 15) is 4.79 Å². The summed E-state index contributed by atoms with van der Waals surface area (Å²) in [5, 5.41) is 0. The fraction of sp³-hybridized carbons (Fsp3) is 0.438. The summed E-state index contributed by atoms with van der Waals surface area (Å²) < 4.78 is 4.82. The predicted molar refractivity (Wildman–Crippen MR) is 74.6 cm³/mol. The molecule has 0 fully saturated rings. The zero-order valence-electron chi connectivity index (χ0n) is 11.5. The lowest BCUT2D eigenvalue weighted by Gasteiger charge is -2.10. The van der Waals surface area contributed by atoms with Crippen LogP contribution in [0.3, 0.4) is 0 Å². The molecular weight excluding hydrogens is 224 g/mol. The Morgan fingerprint density at radius 2 is 2.00 bits per heavy atom. The molecule has 1 atom stereocenters. The monoisotopic (exact) mass is 246 g/mol. The third-order valence-electron chi connectivity index (χ3n) is 2.95. The van der Waals surface area contributed by atoms with Crippen molar-refractivity contribution in [1.82, 2.24) is 0 Å². The van der Waals surface area contributed by atoms with Gasteiger partial charge in [0.05, 0.1) is 6.61 Å². The minimum absolute atomic E-state index is 0.250. The van der Waals surface area contributed by atoms with E-state index < -0.39 is 0 Å². The molecule has 98 valence electrons. The highest BCUT2D eigenvalue weighted by molar-refractivity contribution is 5.81. The highest BCUT2D eigenvalue weighted by Crippen LogP contribution is 2.20. The second kappa shape index (κ2) is 7.70. The lowest BCUT2D eigenvalue weighted by atomic mass is 9.95. The minimum Gasteiger partial charge on any atom is -0.463 e. The molecule has 18 heavy (non-hydrogen) atoms. The maximum absolute atomic E-state index is 11.1. The summed E-state index contributed by atoms with van der Waals surface area (Å²) >= 11 is 0. The number of carbonyl (C=O) groups excluding carboxylic acids is 1. The maximum Gasteiger partial charge on any atom is 0.330 e. The molecule has 0 aromatic heterocycles. The number of benzene rings is 1. The van der Waals surface area contributed by atoms with Crippen LogP contribution in [0.5, 0.6) is 0 Å². The van der Waals surface area contributed by atoms with Gasteiger partial charge in [-0.2, -0.15) is 0 Å². The number of aryl methyl sites for hydroxylation is 1. The van der Waals surface area contributed by atoms with Gasteiger partial charge in [-0.05, 0) is 38.2 Å². The standard InChI is InChI=1S/C16H22O2/c1-4-18-16(17)8-6-5-7-14(3)15-11-9-13(2)10-12-15/h6,8-12,14H,4-5,7H2,1-3H3/b8-6-. The first kappa shape index (κ1) is 14.5. The fourth-order valence-electron chi connectivity index (χ4n) is 1.78. The molecule has 0 heterocycles. The Morgan fingerprint density at radius 1 is 1.33 bits per heavy atom. The van der Waals surface area contributed by atoms with Crippen LogP contribution in [-0.2, 0) is 9.53 Å². The Morgan fingerprint density at radius 3 is 2.61 bits per heavy atom. The summed E-state index contributed by atoms with van der Waals surface area (Å²) in [4.78, 5) is 11.1. The van der Waals surface area contributed by atoms with Crippen LogP contribution in [0.15, 0.2) is 36.4 Å². The number of hydrogen-bond donors (Lipinski definition) is 0. The summed E-state index contributed by atoms with van der Waals surface area (Å²) in [6, 6.07) is 8.63. The summed E-state index contributed by atoms with van der Waals surface area (Å²) in [6.07, 6.45) is 5.35. The molecule has 2 heteroatoms. The van der Waals surface area contributed by atoms with E-state index >= 15 is 0 Å². The number of allylic oxidation sites excluding steroid dienone is 1. The predicted octanol–water partition coefficient (Wildman–Crippen LogP) is 4.00. The Bertz CT molecular complexity index is 390. The van der Waals surface area contributed by atoms with Crippen LogP contribution < -0.4 is 0 Å². The lowest BCUT2D eigenvalue weighted by Crippen LogP contribution is -1.99. The Hall–Kier alpha value is -1.57. The topological polar surface area (TPSA) is 26.3 Å². The van der Waals surface area contributed by atoms with Crippen LogP contribution in [0.25, 0.3) is 0 Å². The first-order valence-corrected chi connectivity index (χ1v) is 6.53. The van der Waals surface area contributed by atoms with Crippen LogP contribution in [-0.4, -0.2) is 12.6 Å². The number of ether oxygens (including phenoxy) is 1. The summed E-state index contributed by atoms with van der Waals surface area (Å²) in [5.74, 6) is 0.262. The molecule has 0 bridgehead atoms. The van der Waals surface area contributed by atoms with E-state index in [2.05, 4.69) is 38.1 Å². The van der Waals surface area contributed by atoms with Gasteiger partial charge in [-0.1, -0.05) is 42.8 Å². The van der Waals surface area contributed by atoms with Gasteiger partial charge < -0.3 is 4.74 Å². The van der Waals surface area contributed by atoms with Gasteiger partial charge in [-0.15, -0.1) is 0 Å². The molecule has 0 aliphatic carbocycles. The van der Waals surface area contributed by atoms with Crippen molar-refractivity contribution in [2.45, 2.75) is 39.5 Å². The molecule has 0 aliphatic rings. The molecule has 0 saturated carbocycles. The van der Waals surface area contributed by atoms with Crippen molar-refractivity contribution in [2.24, 2.45) is 0 Å². The van der Waals surface area contributed by atoms with Crippen molar-refractivity contribution in [2.75, 3.05) is 6.61 Å². The molecule has 2 nitrogen and oxygen atoms in total. The Balaban J connectivity index is 2.35. The second-order valence-corrected chi connectivity index (χ2v) is 4.54. The molecule has 1 aromatic rings. The van der Waals surface area contributed by atoms with E-state index in [0.717, 1.165) is 12.8 Å². The molecule has 0 spiro atoms. The van der Waals surface area contributed by atoms with Gasteiger partial charge in [0.1, 0.15) is 0 Å². The summed E-state index contributed by atoms with van der Waals surface area (Å²) in [7, 11) is 0. The van der Waals surface area contributed by atoms with Crippen molar-refractivity contribution in [1.29, 1.82) is 0 Å². The molecule has 1 rings (SSSR count). The average molecular weight is 246 g/mol. The smallest absolute Gasteiger partial charge is 0.330 e. The van der Waals surface area contributed by atoms with Gasteiger partial charge in [0.25, 0.3) is 0 Å². The normalized spacial score (nSPS) is 12.6. The molecule has 0 amide bonds. The van der Waals surface area contributed by atoms with E-state index in [1.807, 2.05) is 13.0 Å². The first-order chi connectivity index (χ1) is 8.63. The zero-order chi connectivity index (χ0) is 13.4. The van der Waals surface area contributed by atoms with Gasteiger partial charge in [0.15, 0.2) is 0 Å². The van der Waals surface area contributed by atoms with Crippen LogP contribution in [0.4, 0.5) is 0 Å². The number of rotatable bonds is 6. The number of carbonyl (C=O) groups is 1. The van der Waals surface area contributed by atoms with E-state index in [1.165, 1.54) is 17.2 Å². The van der Waals surface area contributed by atoms with E-state index in [4.69, 9.17) is 4.74 Å². The van der Waals surface area contributed by atoms with E-state index in [1.54, 1.807) is 0 Å². The summed E-state index contributed by atoms with van der Waals surface area (Å²) in [6.45, 7) is 6.55. The molecule has 1 unspecified atom stereocenters. The zero-order valence-corrected chi connectivity index (χ0v) is 11.5. The fourth-order valence-corrected chi connectivity index (χ4v) is 1.78. The van der Waals surface area contributed by atoms with Crippen molar-refractivity contribution in [3.63, 3.8) is 0 Å². The van der Waals surface area contributed by atoms with Crippen molar-refractivity contribution in [3.05, 3.63) is 47.5 Å². The Kier molecular flexibility index (Phi) is 6.20. The van der Waals surface area contributed by atoms with Crippen LogP contribution in [0.2, 0.25) is 0 Å². The molecule has 0 saturated heterocycles. The van der Waals surface area contributed by atoms with Crippen LogP contribution in [0.1, 0.15) is 43.7 Å². The molecule has 0 aliphatic heterocycles. The van der Waals surface area contributed by atoms with Gasteiger partial charge in [0, 0.05) is 6.08 Å². The minimum atomic E-state index is -0.250. The van der Waals surface area contributed by atoms with Gasteiger partial charge >= 0.3 is 5.97 Å². The summed E-state index contributed by atoms with van der Waals surface area (Å²) in [5.41, 5.74) is 2.64. The second-order valence-electron chi connectivity index (χ2n) is 4.54. The van der Waals surface area contributed by atoms with E-state index in [-0.39, 0.29) is 5.97 Å². The largest absolute Gasteiger partial charge is 0.463 e. The van der Waals surface area contributed by atoms with Crippen LogP contribution >= 0.6 is 0 Å². The van der Waals surface area contributed by atoms with Crippen LogP contribution in [0, 0.1) is 6.92 Å². The third kappa shape index (κ3) is 5.17. The van der Waals surface area contributed by atoms with E-state index in [0.29, 0.717) is 12.5 Å². The molecule has 1 aromatic carbocycles. The van der Waals surface area contributed by atoms with Gasteiger partial charge in [-0.3, -0.25) is 0 Å². The molecule has 0 radical (unpaired) electrons. The van der Waals surface area contributed by atoms with Gasteiger partial charge in [0.2, 0.25) is 0 Å². The maximum atomic E-state index is 11.1. The molecule has 0 N–H and O–H groups in total. The SMILES string of the molecule is CCOC(=O)/C=C\CCC(C)c1ccc(C)cc1. The highest BCUT2D eigenvalue weighted by Gasteiger charge is 2.03. The first-order valence-electron chi connectivity index (χ1n) is 6.53. The number of esters is 1. The average Bonchev–Trinajstić information content (AvgIpc) is 2.35. The van der Waals surface area contributed by atoms with Crippen molar-refractivity contribution < 1.29 is 9.53 Å². The van der Waals surface area contributed by atoms with Crippen molar-refractivity contribution >= 4 is 5.97 Å². The lowest BCUT2D eigenvalue weighted by molar-refractivity contribution is -0.137. The van der Waals surface area contributed by atoms with Gasteiger partial charge in [-0.25, -0.2) is 4.79 Å². The number of hydrogen-bond acceptors (Lipinski definition) is 2. The highest BCUT2D eigenvalue weighted by atomic mass is 16.5. The third-order valence-corrected chi connectivity index (χ3v) is 2.95. The Labute approximate surface area is 110 Å². The van der Waals surface area contributed by atoms with Crippen molar-refractivity contribution in [3.8, 4) is 0 Å². The molecular formula is C16H22O2.